The zero-order valence-corrected chi connectivity index (χ0v) is 9.13. The number of non-ortho nitro benzene ring substituents is 1. The van der Waals surface area contributed by atoms with Gasteiger partial charge in [0.05, 0.1) is 24.2 Å². The van der Waals surface area contributed by atoms with E-state index in [2.05, 4.69) is 0 Å². The molecule has 0 fully saturated rings. The molecule has 0 radical (unpaired) electrons. The van der Waals surface area contributed by atoms with Gasteiger partial charge in [0.2, 0.25) is 0 Å². The number of benzene rings is 1. The van der Waals surface area contributed by atoms with Gasteiger partial charge in [0, 0.05) is 24.1 Å². The van der Waals surface area contributed by atoms with Crippen molar-refractivity contribution in [1.82, 2.24) is 0 Å². The Labute approximate surface area is 98.2 Å². The third-order valence-electron chi connectivity index (χ3n) is 2.12. The molecule has 0 aromatic heterocycles. The lowest BCUT2D eigenvalue weighted by atomic mass is 10.2. The van der Waals surface area contributed by atoms with Crippen LogP contribution in [0.15, 0.2) is 18.2 Å². The summed E-state index contributed by atoms with van der Waals surface area (Å²) in [4.78, 5) is 10.00. The Bertz CT molecular complexity index is 440. The third-order valence-corrected chi connectivity index (χ3v) is 2.12. The first kappa shape index (κ1) is 12.9. The van der Waals surface area contributed by atoms with Crippen LogP contribution in [0.25, 0.3) is 0 Å². The van der Waals surface area contributed by atoms with Crippen LogP contribution in [0.2, 0.25) is 0 Å². The van der Waals surface area contributed by atoms with E-state index in [1.54, 1.807) is 0 Å². The first-order valence-corrected chi connectivity index (χ1v) is 5.07. The van der Waals surface area contributed by atoms with Crippen LogP contribution in [0.4, 0.5) is 5.69 Å². The summed E-state index contributed by atoms with van der Waals surface area (Å²) in [6.45, 7) is 0.0215. The molecule has 1 rings (SSSR count). The van der Waals surface area contributed by atoms with Crippen LogP contribution >= 0.6 is 0 Å². The van der Waals surface area contributed by atoms with E-state index in [0.29, 0.717) is 30.8 Å². The van der Waals surface area contributed by atoms with E-state index in [1.807, 2.05) is 6.07 Å². The highest BCUT2D eigenvalue weighted by atomic mass is 16.6. The van der Waals surface area contributed by atoms with Crippen LogP contribution < -0.4 is 4.74 Å². The van der Waals surface area contributed by atoms with Gasteiger partial charge < -0.3 is 9.84 Å². The van der Waals surface area contributed by atoms with Gasteiger partial charge in [0.15, 0.2) is 0 Å². The Hall–Kier alpha value is -2.13. The summed E-state index contributed by atoms with van der Waals surface area (Å²) in [5.74, 6) is 0.413. The summed E-state index contributed by atoms with van der Waals surface area (Å²) >= 11 is 0. The van der Waals surface area contributed by atoms with E-state index in [-0.39, 0.29) is 12.3 Å². The molecule has 0 aliphatic heterocycles. The second-order valence-electron chi connectivity index (χ2n) is 3.32. The SMILES string of the molecule is N#CCCCOc1ccc([N+](=O)[O-])cc1CO. The van der Waals surface area contributed by atoms with E-state index in [4.69, 9.17) is 15.1 Å². The summed E-state index contributed by atoms with van der Waals surface area (Å²) in [5, 5.41) is 27.9. The number of ether oxygens (including phenoxy) is 1. The average molecular weight is 236 g/mol. The number of unbranched alkanes of at least 4 members (excludes halogenated alkanes) is 1. The van der Waals surface area contributed by atoms with Gasteiger partial charge in [-0.15, -0.1) is 0 Å². The molecule has 1 aromatic rings. The van der Waals surface area contributed by atoms with Crippen LogP contribution in [0.3, 0.4) is 0 Å². The third kappa shape index (κ3) is 3.74. The Morgan fingerprint density at radius 1 is 1.53 bits per heavy atom. The van der Waals surface area contributed by atoms with E-state index in [9.17, 15) is 10.1 Å². The summed E-state index contributed by atoms with van der Waals surface area (Å²) in [5.41, 5.74) is 0.287. The van der Waals surface area contributed by atoms with Gasteiger partial charge in [-0.25, -0.2) is 0 Å². The molecule has 0 amide bonds. The molecule has 0 unspecified atom stereocenters. The molecule has 0 spiro atoms. The van der Waals surface area contributed by atoms with E-state index in [1.165, 1.54) is 18.2 Å². The van der Waals surface area contributed by atoms with Gasteiger partial charge in [-0.05, 0) is 12.5 Å². The minimum atomic E-state index is -0.529. The van der Waals surface area contributed by atoms with Crippen molar-refractivity contribution < 1.29 is 14.8 Å². The maximum absolute atomic E-state index is 10.5. The van der Waals surface area contributed by atoms with Crippen molar-refractivity contribution in [3.8, 4) is 11.8 Å². The number of hydrogen-bond acceptors (Lipinski definition) is 5. The fourth-order valence-corrected chi connectivity index (χ4v) is 1.28. The largest absolute Gasteiger partial charge is 0.493 e. The lowest BCUT2D eigenvalue weighted by Crippen LogP contribution is -2.01. The zero-order valence-electron chi connectivity index (χ0n) is 9.13. The molecule has 0 aliphatic rings. The molecule has 0 saturated heterocycles. The smallest absolute Gasteiger partial charge is 0.270 e. The van der Waals surface area contributed by atoms with Crippen molar-refractivity contribution in [1.29, 1.82) is 5.26 Å². The quantitative estimate of drug-likeness (QED) is 0.461. The fraction of sp³-hybridized carbons (Fsp3) is 0.364. The number of nitriles is 1. The Kier molecular flexibility index (Phi) is 4.91. The van der Waals surface area contributed by atoms with Gasteiger partial charge in [-0.2, -0.15) is 5.26 Å². The Morgan fingerprint density at radius 3 is 2.88 bits per heavy atom. The number of hydrogen-bond donors (Lipinski definition) is 1. The minimum absolute atomic E-state index is 0.0848. The summed E-state index contributed by atoms with van der Waals surface area (Å²) in [6, 6.07) is 6.04. The standard InChI is InChI=1S/C11H12N2O4/c12-5-1-2-6-17-11-4-3-10(13(15)16)7-9(11)8-14/h3-4,7,14H,1-2,6,8H2. The summed E-state index contributed by atoms with van der Waals surface area (Å²) < 4.78 is 5.33. The van der Waals surface area contributed by atoms with E-state index in [0.717, 1.165) is 0 Å². The van der Waals surface area contributed by atoms with E-state index >= 15 is 0 Å². The van der Waals surface area contributed by atoms with Crippen LogP contribution in [0, 0.1) is 21.4 Å². The Balaban J connectivity index is 2.72. The summed E-state index contributed by atoms with van der Waals surface area (Å²) in [7, 11) is 0. The second-order valence-corrected chi connectivity index (χ2v) is 3.32. The molecule has 6 heteroatoms. The predicted octanol–water partition coefficient (Wildman–Crippen LogP) is 1.77. The van der Waals surface area contributed by atoms with Gasteiger partial charge in [0.1, 0.15) is 5.75 Å². The number of nitrogens with zero attached hydrogens (tertiary/aromatic N) is 2. The van der Waals surface area contributed by atoms with Gasteiger partial charge in [0.25, 0.3) is 5.69 Å². The number of nitro benzene ring substituents is 1. The first-order chi connectivity index (χ1) is 8.19. The lowest BCUT2D eigenvalue weighted by molar-refractivity contribution is -0.385. The number of aliphatic hydroxyl groups excluding tert-OH is 1. The molecule has 0 aliphatic carbocycles. The Morgan fingerprint density at radius 2 is 2.29 bits per heavy atom. The highest BCUT2D eigenvalue weighted by molar-refractivity contribution is 5.43. The number of rotatable bonds is 6. The predicted molar refractivity (Wildman–Crippen MR) is 59.4 cm³/mol. The van der Waals surface area contributed by atoms with Gasteiger partial charge in [-0.1, -0.05) is 0 Å². The normalized spacial score (nSPS) is 9.65. The van der Waals surface area contributed by atoms with Crippen molar-refractivity contribution in [2.75, 3.05) is 6.61 Å². The first-order valence-electron chi connectivity index (χ1n) is 5.07. The number of aliphatic hydroxyl groups is 1. The van der Waals surface area contributed by atoms with E-state index < -0.39 is 4.92 Å². The molecular weight excluding hydrogens is 224 g/mol. The van der Waals surface area contributed by atoms with Crippen molar-refractivity contribution in [3.05, 3.63) is 33.9 Å². The fourth-order valence-electron chi connectivity index (χ4n) is 1.28. The van der Waals surface area contributed by atoms with Crippen LogP contribution in [0.5, 0.6) is 5.75 Å². The topological polar surface area (TPSA) is 96.4 Å². The molecule has 0 heterocycles. The van der Waals surface area contributed by atoms with Crippen molar-refractivity contribution in [2.45, 2.75) is 19.4 Å². The average Bonchev–Trinajstić information content (AvgIpc) is 2.34. The lowest BCUT2D eigenvalue weighted by Gasteiger charge is -2.08. The molecule has 6 nitrogen and oxygen atoms in total. The number of nitro groups is 1. The van der Waals surface area contributed by atoms with Gasteiger partial charge >= 0.3 is 0 Å². The maximum Gasteiger partial charge on any atom is 0.270 e. The molecule has 0 atom stereocenters. The van der Waals surface area contributed by atoms with Crippen LogP contribution in [0.1, 0.15) is 18.4 Å². The molecule has 90 valence electrons. The second kappa shape index (κ2) is 6.45. The zero-order chi connectivity index (χ0) is 12.7. The van der Waals surface area contributed by atoms with Gasteiger partial charge in [-0.3, -0.25) is 10.1 Å². The van der Waals surface area contributed by atoms with Crippen LogP contribution in [-0.4, -0.2) is 16.6 Å². The van der Waals surface area contributed by atoms with Crippen LogP contribution in [-0.2, 0) is 6.61 Å². The van der Waals surface area contributed by atoms with Crippen molar-refractivity contribution in [3.63, 3.8) is 0 Å². The van der Waals surface area contributed by atoms with Crippen molar-refractivity contribution >= 4 is 5.69 Å². The molecule has 0 bridgehead atoms. The molecule has 1 aromatic carbocycles. The highest BCUT2D eigenvalue weighted by Gasteiger charge is 2.10. The molecule has 0 saturated carbocycles. The monoisotopic (exact) mass is 236 g/mol. The minimum Gasteiger partial charge on any atom is -0.493 e. The molecule has 1 N–H and O–H groups in total. The molecular formula is C11H12N2O4. The maximum atomic E-state index is 10.5. The summed E-state index contributed by atoms with van der Waals surface area (Å²) in [6.07, 6.45) is 0.972. The molecule has 17 heavy (non-hydrogen) atoms. The van der Waals surface area contributed by atoms with Crippen molar-refractivity contribution in [2.24, 2.45) is 0 Å². The highest BCUT2D eigenvalue weighted by Crippen LogP contribution is 2.24.